The summed E-state index contributed by atoms with van der Waals surface area (Å²) in [5.41, 5.74) is 5.59. The van der Waals surface area contributed by atoms with E-state index in [4.69, 9.17) is 10.3 Å². The maximum Gasteiger partial charge on any atom is 0.230 e. The minimum Gasteiger partial charge on any atom is -0.339 e. The zero-order valence-corrected chi connectivity index (χ0v) is 13.5. The molecule has 1 saturated carbocycles. The van der Waals surface area contributed by atoms with Gasteiger partial charge in [0.1, 0.15) is 5.82 Å². The van der Waals surface area contributed by atoms with Crippen molar-refractivity contribution in [2.24, 2.45) is 5.73 Å². The predicted octanol–water partition coefficient (Wildman–Crippen LogP) is 2.12. The molecule has 1 aromatic heterocycles. The lowest BCUT2D eigenvalue weighted by atomic mass is 9.77. The van der Waals surface area contributed by atoms with Crippen molar-refractivity contribution in [1.82, 2.24) is 10.1 Å². The fourth-order valence-corrected chi connectivity index (χ4v) is 4.10. The Balaban J connectivity index is 1.76. The van der Waals surface area contributed by atoms with E-state index in [0.29, 0.717) is 5.82 Å². The molecule has 0 amide bonds. The van der Waals surface area contributed by atoms with Gasteiger partial charge >= 0.3 is 0 Å². The van der Waals surface area contributed by atoms with Gasteiger partial charge in [-0.3, -0.25) is 0 Å². The van der Waals surface area contributed by atoms with Gasteiger partial charge in [-0.2, -0.15) is 4.98 Å². The van der Waals surface area contributed by atoms with Gasteiger partial charge in [-0.25, -0.2) is 12.8 Å². The van der Waals surface area contributed by atoms with Crippen LogP contribution in [0.15, 0.2) is 33.7 Å². The third kappa shape index (κ3) is 3.13. The van der Waals surface area contributed by atoms with Crippen LogP contribution in [-0.2, 0) is 15.4 Å². The van der Waals surface area contributed by atoms with Crippen LogP contribution in [0.4, 0.5) is 4.39 Å². The van der Waals surface area contributed by atoms with Crippen molar-refractivity contribution in [3.63, 3.8) is 0 Å². The summed E-state index contributed by atoms with van der Waals surface area (Å²) in [4.78, 5) is 4.34. The molecule has 23 heavy (non-hydrogen) atoms. The summed E-state index contributed by atoms with van der Waals surface area (Å²) in [7, 11) is -3.57. The van der Waals surface area contributed by atoms with E-state index < -0.39 is 27.1 Å². The first-order chi connectivity index (χ1) is 10.8. The van der Waals surface area contributed by atoms with Crippen molar-refractivity contribution in [2.75, 3.05) is 5.75 Å². The van der Waals surface area contributed by atoms with Crippen molar-refractivity contribution >= 4 is 9.84 Å². The summed E-state index contributed by atoms with van der Waals surface area (Å²) in [6.07, 6.45) is 2.62. The summed E-state index contributed by atoms with van der Waals surface area (Å²) in [5.74, 6) is -0.466. The van der Waals surface area contributed by atoms with Gasteiger partial charge in [0.2, 0.25) is 5.89 Å². The average molecular weight is 339 g/mol. The first-order valence-electron chi connectivity index (χ1n) is 7.41. The van der Waals surface area contributed by atoms with Crippen LogP contribution in [0.1, 0.15) is 43.8 Å². The van der Waals surface area contributed by atoms with Crippen molar-refractivity contribution in [2.45, 2.75) is 42.5 Å². The highest BCUT2D eigenvalue weighted by Gasteiger charge is 2.39. The lowest BCUT2D eigenvalue weighted by molar-refractivity contribution is 0.228. The third-order valence-corrected chi connectivity index (χ3v) is 6.13. The number of aromatic nitrogens is 2. The van der Waals surface area contributed by atoms with Gasteiger partial charge in [0.05, 0.1) is 16.2 Å². The molecule has 2 N–H and O–H groups in total. The molecule has 8 heteroatoms. The van der Waals surface area contributed by atoms with Crippen molar-refractivity contribution in [3.05, 3.63) is 41.8 Å². The Kier molecular flexibility index (Phi) is 3.97. The Morgan fingerprint density at radius 1 is 1.35 bits per heavy atom. The Labute approximate surface area is 133 Å². The van der Waals surface area contributed by atoms with Crippen molar-refractivity contribution < 1.29 is 17.3 Å². The molecule has 2 aromatic rings. The number of hydrogen-bond acceptors (Lipinski definition) is 6. The van der Waals surface area contributed by atoms with E-state index in [1.54, 1.807) is 6.92 Å². The first kappa shape index (κ1) is 16.1. The molecule has 0 aliphatic heterocycles. The van der Waals surface area contributed by atoms with Crippen molar-refractivity contribution in [1.29, 1.82) is 0 Å². The number of rotatable bonds is 5. The topological polar surface area (TPSA) is 99.1 Å². The highest BCUT2D eigenvalue weighted by molar-refractivity contribution is 7.91. The number of nitrogens with two attached hydrogens (primary N) is 1. The monoisotopic (exact) mass is 339 g/mol. The van der Waals surface area contributed by atoms with Gasteiger partial charge in [0.15, 0.2) is 15.7 Å². The molecule has 124 valence electrons. The Morgan fingerprint density at radius 3 is 2.57 bits per heavy atom. The van der Waals surface area contributed by atoms with E-state index in [1.807, 2.05) is 0 Å². The van der Waals surface area contributed by atoms with Crippen LogP contribution in [0, 0.1) is 5.82 Å². The van der Waals surface area contributed by atoms with Gasteiger partial charge in [0.25, 0.3) is 0 Å². The quantitative estimate of drug-likeness (QED) is 0.838. The number of sulfone groups is 1. The van der Waals surface area contributed by atoms with E-state index in [-0.39, 0.29) is 16.5 Å². The SMILES string of the molecule is CC(CS(=O)(=O)c1ccc(F)cc1)c1nc(C2(N)CCC2)no1. The summed E-state index contributed by atoms with van der Waals surface area (Å²) in [6, 6.07) is 4.74. The normalized spacial score (nSPS) is 18.4. The molecule has 6 nitrogen and oxygen atoms in total. The molecule has 1 aromatic carbocycles. The Morgan fingerprint density at radius 2 is 2.00 bits per heavy atom. The lowest BCUT2D eigenvalue weighted by Crippen LogP contribution is -2.44. The zero-order valence-electron chi connectivity index (χ0n) is 12.7. The van der Waals surface area contributed by atoms with Crippen molar-refractivity contribution in [3.8, 4) is 0 Å². The van der Waals surface area contributed by atoms with Crippen LogP contribution in [0.25, 0.3) is 0 Å². The van der Waals surface area contributed by atoms with Gasteiger partial charge in [-0.05, 0) is 43.5 Å². The third-order valence-electron chi connectivity index (χ3n) is 4.20. The molecule has 1 aliphatic rings. The summed E-state index contributed by atoms with van der Waals surface area (Å²) < 4.78 is 42.8. The first-order valence-corrected chi connectivity index (χ1v) is 9.07. The van der Waals surface area contributed by atoms with E-state index in [1.165, 1.54) is 12.1 Å². The number of hydrogen-bond donors (Lipinski definition) is 1. The van der Waals surface area contributed by atoms with Gasteiger partial charge < -0.3 is 10.3 Å². The average Bonchev–Trinajstić information content (AvgIpc) is 2.95. The molecule has 0 bridgehead atoms. The summed E-state index contributed by atoms with van der Waals surface area (Å²) >= 11 is 0. The van der Waals surface area contributed by atoms with Gasteiger partial charge in [-0.15, -0.1) is 0 Å². The molecule has 1 unspecified atom stereocenters. The second kappa shape index (κ2) is 5.68. The molecular weight excluding hydrogens is 321 g/mol. The summed E-state index contributed by atoms with van der Waals surface area (Å²) in [5, 5.41) is 3.89. The van der Waals surface area contributed by atoms with Crippen LogP contribution in [0.3, 0.4) is 0 Å². The molecule has 1 aliphatic carbocycles. The zero-order chi connectivity index (χ0) is 16.7. The maximum atomic E-state index is 12.9. The second-order valence-electron chi connectivity index (χ2n) is 6.10. The number of benzene rings is 1. The number of halogens is 1. The van der Waals surface area contributed by atoms with Crippen LogP contribution >= 0.6 is 0 Å². The minimum atomic E-state index is -3.57. The van der Waals surface area contributed by atoms with Gasteiger partial charge in [0, 0.05) is 5.92 Å². The van der Waals surface area contributed by atoms with E-state index in [9.17, 15) is 12.8 Å². The summed E-state index contributed by atoms with van der Waals surface area (Å²) in [6.45, 7) is 1.70. The molecule has 0 spiro atoms. The molecule has 3 rings (SSSR count). The van der Waals surface area contributed by atoms with Gasteiger partial charge in [-0.1, -0.05) is 12.1 Å². The number of nitrogens with zero attached hydrogens (tertiary/aromatic N) is 2. The highest BCUT2D eigenvalue weighted by atomic mass is 32.2. The fourth-order valence-electron chi connectivity index (χ4n) is 2.56. The van der Waals surface area contributed by atoms with Crippen LogP contribution in [0.5, 0.6) is 0 Å². The smallest absolute Gasteiger partial charge is 0.230 e. The molecule has 0 radical (unpaired) electrons. The largest absolute Gasteiger partial charge is 0.339 e. The standard InChI is InChI=1S/C15H18FN3O3S/c1-10(9-23(20,21)12-5-3-11(16)4-6-12)13-18-14(19-22-13)15(17)7-2-8-15/h3-6,10H,2,7-9,17H2,1H3. The molecule has 1 atom stereocenters. The molecule has 1 heterocycles. The highest BCUT2D eigenvalue weighted by Crippen LogP contribution is 2.37. The predicted molar refractivity (Wildman–Crippen MR) is 80.9 cm³/mol. The van der Waals surface area contributed by atoms with Crippen LogP contribution in [-0.4, -0.2) is 24.3 Å². The van der Waals surface area contributed by atoms with E-state index in [0.717, 1.165) is 31.4 Å². The van der Waals surface area contributed by atoms with Crippen LogP contribution < -0.4 is 5.73 Å². The van der Waals surface area contributed by atoms with E-state index in [2.05, 4.69) is 10.1 Å². The Hall–Kier alpha value is -1.80. The van der Waals surface area contributed by atoms with Crippen LogP contribution in [0.2, 0.25) is 0 Å². The fraction of sp³-hybridized carbons (Fsp3) is 0.467. The minimum absolute atomic E-state index is 0.0692. The maximum absolute atomic E-state index is 12.9. The molecular formula is C15H18FN3O3S. The van der Waals surface area contributed by atoms with E-state index >= 15 is 0 Å². The lowest BCUT2D eigenvalue weighted by Gasteiger charge is -2.34. The Bertz CT molecular complexity index is 798. The molecule has 1 fully saturated rings. The molecule has 0 saturated heterocycles. The second-order valence-corrected chi connectivity index (χ2v) is 8.14.